The number of hydrogen-bond acceptors (Lipinski definition) is 8. The number of rotatable bonds is 12. The maximum atomic E-state index is 12.4. The molecule has 3 aromatic carbocycles. The molecule has 0 heterocycles. The first kappa shape index (κ1) is 28.0. The number of nitrogen functional groups attached to an aromatic ring is 1. The molecular formula is C28H32N4O6. The topological polar surface area (TPSA) is 141 Å². The fourth-order valence-electron chi connectivity index (χ4n) is 3.61. The van der Waals surface area contributed by atoms with E-state index in [2.05, 4.69) is 20.7 Å². The Morgan fingerprint density at radius 3 is 2.37 bits per heavy atom. The second-order valence-corrected chi connectivity index (χ2v) is 8.41. The summed E-state index contributed by atoms with van der Waals surface area (Å²) in [7, 11) is 2.80. The monoisotopic (exact) mass is 520 g/mol. The molecule has 10 nitrogen and oxygen atoms in total. The highest BCUT2D eigenvalue weighted by Crippen LogP contribution is 2.26. The molecule has 0 saturated heterocycles. The summed E-state index contributed by atoms with van der Waals surface area (Å²) in [5.41, 5.74) is 9.49. The van der Waals surface area contributed by atoms with E-state index in [9.17, 15) is 14.4 Å². The van der Waals surface area contributed by atoms with Gasteiger partial charge >= 0.3 is 12.0 Å². The van der Waals surface area contributed by atoms with Crippen molar-refractivity contribution in [3.63, 3.8) is 0 Å². The number of Topliss-reactive ketones (excluding diaryl/α,β-unsaturated/α-hetero) is 1. The van der Waals surface area contributed by atoms with Crippen LogP contribution in [0.15, 0.2) is 60.7 Å². The molecule has 0 aliphatic carbocycles. The minimum Gasteiger partial charge on any atom is -0.495 e. The van der Waals surface area contributed by atoms with Crippen LogP contribution in [-0.2, 0) is 16.0 Å². The number of methoxy groups -OCH3 is 2. The Bertz CT molecular complexity index is 1290. The Balaban J connectivity index is 1.44. The Morgan fingerprint density at radius 2 is 1.66 bits per heavy atom. The molecule has 0 atom stereocenters. The van der Waals surface area contributed by atoms with Crippen molar-refractivity contribution in [2.75, 3.05) is 50.3 Å². The number of nitrogens with one attached hydrogen (secondary N) is 3. The molecule has 10 heteroatoms. The fourth-order valence-corrected chi connectivity index (χ4v) is 3.61. The van der Waals surface area contributed by atoms with Crippen molar-refractivity contribution in [3.05, 3.63) is 77.4 Å². The molecule has 0 spiro atoms. The minimum absolute atomic E-state index is 0.0213. The van der Waals surface area contributed by atoms with Gasteiger partial charge in [-0.05, 0) is 54.4 Å². The fraction of sp³-hybridized carbons (Fsp3) is 0.250. The van der Waals surface area contributed by atoms with Crippen molar-refractivity contribution in [1.82, 2.24) is 5.32 Å². The number of hydrogen-bond donors (Lipinski definition) is 4. The van der Waals surface area contributed by atoms with Crippen LogP contribution in [0.4, 0.5) is 21.9 Å². The van der Waals surface area contributed by atoms with Gasteiger partial charge in [0.1, 0.15) is 18.1 Å². The largest absolute Gasteiger partial charge is 0.495 e. The normalized spacial score (nSPS) is 10.4. The molecule has 0 aromatic heterocycles. The number of aryl methyl sites for hydroxylation is 1. The number of benzene rings is 3. The van der Waals surface area contributed by atoms with E-state index >= 15 is 0 Å². The van der Waals surface area contributed by atoms with Crippen LogP contribution < -0.4 is 31.2 Å². The summed E-state index contributed by atoms with van der Waals surface area (Å²) in [5, 5.41) is 8.63. The van der Waals surface area contributed by atoms with Gasteiger partial charge in [0, 0.05) is 18.7 Å². The van der Waals surface area contributed by atoms with Gasteiger partial charge in [-0.3, -0.25) is 4.79 Å². The van der Waals surface area contributed by atoms with Gasteiger partial charge in [-0.2, -0.15) is 0 Å². The molecule has 0 saturated carbocycles. The number of nitrogens with two attached hydrogens (primary N) is 1. The van der Waals surface area contributed by atoms with E-state index in [1.54, 1.807) is 30.3 Å². The van der Waals surface area contributed by atoms with E-state index in [1.807, 2.05) is 31.2 Å². The number of ketones is 1. The SMILES string of the molecule is COC(=O)c1ccc(OCCNCC(=O)Cc2ccc(NC(=O)Nc3ccccc3C)c(OC)c2)c(N)c1. The second-order valence-electron chi connectivity index (χ2n) is 8.41. The number of amides is 2. The lowest BCUT2D eigenvalue weighted by Crippen LogP contribution is -2.28. The van der Waals surface area contributed by atoms with E-state index in [0.29, 0.717) is 40.7 Å². The number of anilines is 3. The van der Waals surface area contributed by atoms with Gasteiger partial charge in [-0.15, -0.1) is 0 Å². The van der Waals surface area contributed by atoms with Crippen molar-refractivity contribution in [3.8, 4) is 11.5 Å². The zero-order valence-electron chi connectivity index (χ0n) is 21.6. The molecule has 200 valence electrons. The summed E-state index contributed by atoms with van der Waals surface area (Å²) in [4.78, 5) is 36.4. The summed E-state index contributed by atoms with van der Waals surface area (Å²) >= 11 is 0. The maximum absolute atomic E-state index is 12.4. The summed E-state index contributed by atoms with van der Waals surface area (Å²) in [6, 6.07) is 16.9. The standard InChI is InChI=1S/C28H32N4O6/c1-18-6-4-5-7-23(18)31-28(35)32-24-10-8-19(15-26(24)36-2)14-21(33)17-30-12-13-38-25-11-9-20(16-22(25)29)27(34)37-3/h4-11,15-16,30H,12-14,17,29H2,1-3H3,(H2,31,32,35). The highest BCUT2D eigenvalue weighted by Gasteiger charge is 2.12. The van der Waals surface area contributed by atoms with Gasteiger partial charge in [-0.1, -0.05) is 24.3 Å². The van der Waals surface area contributed by atoms with Crippen LogP contribution in [-0.4, -0.2) is 51.7 Å². The molecule has 0 unspecified atom stereocenters. The van der Waals surface area contributed by atoms with Gasteiger partial charge in [0.15, 0.2) is 5.78 Å². The summed E-state index contributed by atoms with van der Waals surface area (Å²) in [5.74, 6) is 0.397. The molecule has 5 N–H and O–H groups in total. The maximum Gasteiger partial charge on any atom is 0.337 e. The second kappa shape index (κ2) is 13.7. The number of para-hydroxylation sites is 1. The van der Waals surface area contributed by atoms with Gasteiger partial charge in [0.2, 0.25) is 0 Å². The molecule has 2 amide bonds. The molecule has 0 aliphatic heterocycles. The molecule has 0 fully saturated rings. The molecule has 0 aliphatic rings. The van der Waals surface area contributed by atoms with Crippen LogP contribution in [0.1, 0.15) is 21.5 Å². The third-order valence-electron chi connectivity index (χ3n) is 5.60. The average Bonchev–Trinajstić information content (AvgIpc) is 2.90. The summed E-state index contributed by atoms with van der Waals surface area (Å²) in [6.07, 6.45) is 0.196. The van der Waals surface area contributed by atoms with Crippen LogP contribution in [0.2, 0.25) is 0 Å². The molecule has 0 bridgehead atoms. The van der Waals surface area contributed by atoms with Crippen LogP contribution in [0.5, 0.6) is 11.5 Å². The molecule has 3 rings (SSSR count). The molecule has 38 heavy (non-hydrogen) atoms. The van der Waals surface area contributed by atoms with Crippen LogP contribution >= 0.6 is 0 Å². The first-order valence-corrected chi connectivity index (χ1v) is 11.9. The Morgan fingerprint density at radius 1 is 0.895 bits per heavy atom. The lowest BCUT2D eigenvalue weighted by atomic mass is 10.1. The summed E-state index contributed by atoms with van der Waals surface area (Å²) < 4.78 is 15.7. The lowest BCUT2D eigenvalue weighted by Gasteiger charge is -2.14. The van der Waals surface area contributed by atoms with Gasteiger partial charge in [0.05, 0.1) is 37.7 Å². The van der Waals surface area contributed by atoms with Crippen molar-refractivity contribution < 1.29 is 28.6 Å². The van der Waals surface area contributed by atoms with E-state index in [0.717, 1.165) is 11.1 Å². The van der Waals surface area contributed by atoms with Crippen molar-refractivity contribution in [2.24, 2.45) is 0 Å². The number of carbonyl (C=O) groups is 3. The van der Waals surface area contributed by atoms with E-state index in [4.69, 9.17) is 15.2 Å². The molecule has 0 radical (unpaired) electrons. The first-order valence-electron chi connectivity index (χ1n) is 11.9. The van der Waals surface area contributed by atoms with Gasteiger partial charge < -0.3 is 35.9 Å². The van der Waals surface area contributed by atoms with Crippen molar-refractivity contribution in [2.45, 2.75) is 13.3 Å². The Labute approximate surface area is 221 Å². The lowest BCUT2D eigenvalue weighted by molar-refractivity contribution is -0.117. The van der Waals surface area contributed by atoms with E-state index in [-0.39, 0.29) is 25.4 Å². The van der Waals surface area contributed by atoms with Crippen LogP contribution in [0.25, 0.3) is 0 Å². The molecular weight excluding hydrogens is 488 g/mol. The predicted octanol–water partition coefficient (Wildman–Crippen LogP) is 3.80. The van der Waals surface area contributed by atoms with Gasteiger partial charge in [-0.25, -0.2) is 9.59 Å². The van der Waals surface area contributed by atoms with Crippen LogP contribution in [0, 0.1) is 6.92 Å². The quantitative estimate of drug-likeness (QED) is 0.161. The third kappa shape index (κ3) is 7.97. The first-order chi connectivity index (χ1) is 18.3. The van der Waals surface area contributed by atoms with E-state index in [1.165, 1.54) is 20.3 Å². The van der Waals surface area contributed by atoms with E-state index < -0.39 is 12.0 Å². The Kier molecular flexibility index (Phi) is 10.1. The zero-order valence-corrected chi connectivity index (χ0v) is 21.6. The van der Waals surface area contributed by atoms with Crippen molar-refractivity contribution in [1.29, 1.82) is 0 Å². The highest BCUT2D eigenvalue weighted by atomic mass is 16.5. The number of urea groups is 1. The van der Waals surface area contributed by atoms with Crippen LogP contribution in [0.3, 0.4) is 0 Å². The highest BCUT2D eigenvalue weighted by molar-refractivity contribution is 6.01. The zero-order chi connectivity index (χ0) is 27.5. The smallest absolute Gasteiger partial charge is 0.337 e. The van der Waals surface area contributed by atoms with Crippen molar-refractivity contribution >= 4 is 34.8 Å². The number of ether oxygens (including phenoxy) is 3. The summed E-state index contributed by atoms with van der Waals surface area (Å²) in [6.45, 7) is 2.77. The minimum atomic E-state index is -0.476. The predicted molar refractivity (Wildman–Crippen MR) is 146 cm³/mol. The van der Waals surface area contributed by atoms with Gasteiger partial charge in [0.25, 0.3) is 0 Å². The Hall–Kier alpha value is -4.57. The average molecular weight is 521 g/mol. The molecule has 3 aromatic rings. The third-order valence-corrected chi connectivity index (χ3v) is 5.60. The number of esters is 1. The number of carbonyl (C=O) groups excluding carboxylic acids is 3.